The van der Waals surface area contributed by atoms with E-state index in [4.69, 9.17) is 9.47 Å². The molecule has 0 fully saturated rings. The van der Waals surface area contributed by atoms with Gasteiger partial charge in [0.1, 0.15) is 11.1 Å². The van der Waals surface area contributed by atoms with Gasteiger partial charge in [0.15, 0.2) is 0 Å². The maximum absolute atomic E-state index is 12.9. The van der Waals surface area contributed by atoms with Crippen LogP contribution in [0.15, 0.2) is 55.0 Å². The predicted octanol–water partition coefficient (Wildman–Crippen LogP) is 3.34. The van der Waals surface area contributed by atoms with Crippen molar-refractivity contribution >= 4 is 16.8 Å². The van der Waals surface area contributed by atoms with E-state index in [0.717, 1.165) is 22.0 Å². The maximum atomic E-state index is 12.9. The fourth-order valence-corrected chi connectivity index (χ4v) is 4.03. The van der Waals surface area contributed by atoms with Crippen LogP contribution in [0.4, 0.5) is 0 Å². The zero-order chi connectivity index (χ0) is 24.4. The molecule has 0 saturated heterocycles. The van der Waals surface area contributed by atoms with Crippen LogP contribution >= 0.6 is 0 Å². The molecule has 4 aromatic rings. The van der Waals surface area contributed by atoms with Crippen LogP contribution < -0.4 is 10.1 Å². The SMILES string of the molecule is COc1cncc(-c2ccc3cnc(CNC(=O)c4ccc5c(c4)[C@](C)(C#N)COC5)cc3n2)n1. The quantitative estimate of drug-likeness (QED) is 0.475. The van der Waals surface area contributed by atoms with E-state index in [2.05, 4.69) is 31.3 Å². The van der Waals surface area contributed by atoms with Crippen LogP contribution in [-0.2, 0) is 23.3 Å². The molecule has 1 atom stereocenters. The summed E-state index contributed by atoms with van der Waals surface area (Å²) in [6, 6.07) is 13.3. The molecule has 1 aromatic carbocycles. The standard InChI is InChI=1S/C26H22N6O3/c1-26(14-27)15-35-13-18-4-3-16(7-20(18)26)25(33)30-10-19-8-22-17(9-29-19)5-6-21(31-22)23-11-28-12-24(32-23)34-2/h3-9,11-12H,10,13,15H2,1-2H3,(H,30,33)/t26-/m1/s1. The molecule has 0 spiro atoms. The Morgan fingerprint density at radius 2 is 2.06 bits per heavy atom. The summed E-state index contributed by atoms with van der Waals surface area (Å²) >= 11 is 0. The van der Waals surface area contributed by atoms with Crippen molar-refractivity contribution in [3.05, 3.63) is 77.4 Å². The number of nitriles is 1. The highest BCUT2D eigenvalue weighted by Crippen LogP contribution is 2.32. The molecular weight excluding hydrogens is 444 g/mol. The number of carbonyl (C=O) groups excluding carboxylic acids is 1. The molecule has 5 rings (SSSR count). The second-order valence-corrected chi connectivity index (χ2v) is 8.50. The van der Waals surface area contributed by atoms with Gasteiger partial charge in [-0.05, 0) is 48.4 Å². The van der Waals surface area contributed by atoms with E-state index in [1.54, 1.807) is 24.5 Å². The van der Waals surface area contributed by atoms with Crippen molar-refractivity contribution < 1.29 is 14.3 Å². The van der Waals surface area contributed by atoms with E-state index in [1.165, 1.54) is 13.3 Å². The summed E-state index contributed by atoms with van der Waals surface area (Å²) in [5, 5.41) is 13.4. The molecule has 0 bridgehead atoms. The van der Waals surface area contributed by atoms with Gasteiger partial charge in [-0.1, -0.05) is 6.07 Å². The smallest absolute Gasteiger partial charge is 0.251 e. The Kier molecular flexibility index (Phi) is 5.81. The third kappa shape index (κ3) is 4.39. The number of carbonyl (C=O) groups is 1. The van der Waals surface area contributed by atoms with Gasteiger partial charge in [0, 0.05) is 17.1 Å². The number of methoxy groups -OCH3 is 1. The topological polar surface area (TPSA) is 123 Å². The summed E-state index contributed by atoms with van der Waals surface area (Å²) in [6.07, 6.45) is 4.88. The van der Waals surface area contributed by atoms with Crippen LogP contribution in [0.3, 0.4) is 0 Å². The van der Waals surface area contributed by atoms with Gasteiger partial charge in [-0.2, -0.15) is 5.26 Å². The molecule has 1 amide bonds. The summed E-state index contributed by atoms with van der Waals surface area (Å²) in [4.78, 5) is 30.5. The molecule has 35 heavy (non-hydrogen) atoms. The Bertz CT molecular complexity index is 1480. The van der Waals surface area contributed by atoms with Gasteiger partial charge in [0.25, 0.3) is 5.91 Å². The van der Waals surface area contributed by atoms with E-state index >= 15 is 0 Å². The summed E-state index contributed by atoms with van der Waals surface area (Å²) in [7, 11) is 1.54. The molecule has 1 N–H and O–H groups in total. The molecule has 1 aliphatic rings. The van der Waals surface area contributed by atoms with Gasteiger partial charge >= 0.3 is 0 Å². The molecule has 1 aliphatic heterocycles. The first-order valence-corrected chi connectivity index (χ1v) is 11.0. The number of aromatic nitrogens is 4. The lowest BCUT2D eigenvalue weighted by Crippen LogP contribution is -2.33. The monoisotopic (exact) mass is 466 g/mol. The second-order valence-electron chi connectivity index (χ2n) is 8.50. The first kappa shape index (κ1) is 22.4. The highest BCUT2D eigenvalue weighted by atomic mass is 16.5. The molecule has 9 heteroatoms. The fraction of sp³-hybridized carbons (Fsp3) is 0.231. The molecule has 3 aromatic heterocycles. The number of hydrogen-bond acceptors (Lipinski definition) is 8. The second kappa shape index (κ2) is 9.08. The van der Waals surface area contributed by atoms with Gasteiger partial charge in [-0.3, -0.25) is 14.8 Å². The molecule has 4 heterocycles. The Labute approximate surface area is 201 Å². The van der Waals surface area contributed by atoms with Crippen molar-refractivity contribution in [1.82, 2.24) is 25.3 Å². The zero-order valence-electron chi connectivity index (χ0n) is 19.3. The van der Waals surface area contributed by atoms with E-state index in [1.807, 2.05) is 31.2 Å². The van der Waals surface area contributed by atoms with Gasteiger partial charge in [0.05, 0.1) is 62.2 Å². The Morgan fingerprint density at radius 3 is 2.89 bits per heavy atom. The van der Waals surface area contributed by atoms with Crippen LogP contribution in [0.1, 0.15) is 34.1 Å². The molecule has 0 aliphatic carbocycles. The van der Waals surface area contributed by atoms with Crippen LogP contribution in [0.25, 0.3) is 22.3 Å². The molecule has 9 nitrogen and oxygen atoms in total. The first-order valence-electron chi connectivity index (χ1n) is 11.0. The highest BCUT2D eigenvalue weighted by Gasteiger charge is 2.33. The van der Waals surface area contributed by atoms with Crippen molar-refractivity contribution in [3.63, 3.8) is 0 Å². The first-order chi connectivity index (χ1) is 17.0. The number of hydrogen-bond donors (Lipinski definition) is 1. The third-order valence-corrected chi connectivity index (χ3v) is 6.01. The van der Waals surface area contributed by atoms with E-state index in [9.17, 15) is 10.1 Å². The predicted molar refractivity (Wildman–Crippen MR) is 127 cm³/mol. The van der Waals surface area contributed by atoms with Gasteiger partial charge in [0.2, 0.25) is 5.88 Å². The van der Waals surface area contributed by atoms with Gasteiger partial charge in [-0.25, -0.2) is 9.97 Å². The van der Waals surface area contributed by atoms with Crippen LogP contribution in [0.5, 0.6) is 5.88 Å². The summed E-state index contributed by atoms with van der Waals surface area (Å²) in [6.45, 7) is 2.80. The summed E-state index contributed by atoms with van der Waals surface area (Å²) < 4.78 is 10.7. The van der Waals surface area contributed by atoms with E-state index in [-0.39, 0.29) is 12.5 Å². The Hall–Kier alpha value is -4.42. The minimum absolute atomic E-state index is 0.232. The minimum atomic E-state index is -0.777. The zero-order valence-corrected chi connectivity index (χ0v) is 19.3. The number of rotatable bonds is 5. The number of ether oxygens (including phenoxy) is 2. The van der Waals surface area contributed by atoms with Crippen molar-refractivity contribution in [3.8, 4) is 23.3 Å². The molecule has 0 saturated carbocycles. The van der Waals surface area contributed by atoms with Gasteiger partial charge in [-0.15, -0.1) is 0 Å². The van der Waals surface area contributed by atoms with Crippen molar-refractivity contribution in [2.24, 2.45) is 0 Å². The maximum Gasteiger partial charge on any atom is 0.251 e. The lowest BCUT2D eigenvalue weighted by atomic mass is 9.79. The number of pyridine rings is 2. The molecule has 174 valence electrons. The molecule has 0 radical (unpaired) electrons. The number of nitrogens with zero attached hydrogens (tertiary/aromatic N) is 5. The van der Waals surface area contributed by atoms with E-state index < -0.39 is 5.41 Å². The van der Waals surface area contributed by atoms with Crippen LogP contribution in [0.2, 0.25) is 0 Å². The minimum Gasteiger partial charge on any atom is -0.480 e. The fourth-order valence-electron chi connectivity index (χ4n) is 4.03. The largest absolute Gasteiger partial charge is 0.480 e. The lowest BCUT2D eigenvalue weighted by Gasteiger charge is -2.30. The number of nitrogens with one attached hydrogen (secondary N) is 1. The normalized spacial score (nSPS) is 16.8. The van der Waals surface area contributed by atoms with Gasteiger partial charge < -0.3 is 14.8 Å². The average molecular weight is 467 g/mol. The molecule has 0 unspecified atom stereocenters. The number of fused-ring (bicyclic) bond motifs is 2. The average Bonchev–Trinajstić information content (AvgIpc) is 2.91. The van der Waals surface area contributed by atoms with Crippen molar-refractivity contribution in [2.75, 3.05) is 13.7 Å². The summed E-state index contributed by atoms with van der Waals surface area (Å²) in [5.41, 5.74) is 4.12. The lowest BCUT2D eigenvalue weighted by molar-refractivity contribution is 0.0757. The third-order valence-electron chi connectivity index (χ3n) is 6.01. The highest BCUT2D eigenvalue weighted by molar-refractivity contribution is 5.94. The van der Waals surface area contributed by atoms with Crippen LogP contribution in [0, 0.1) is 11.3 Å². The number of amides is 1. The van der Waals surface area contributed by atoms with E-state index in [0.29, 0.717) is 41.7 Å². The van der Waals surface area contributed by atoms with Crippen molar-refractivity contribution in [1.29, 1.82) is 5.26 Å². The Balaban J connectivity index is 1.35. The van der Waals surface area contributed by atoms with Crippen LogP contribution in [-0.4, -0.2) is 39.6 Å². The van der Waals surface area contributed by atoms with Crippen molar-refractivity contribution in [2.45, 2.75) is 25.5 Å². The number of benzene rings is 1. The molecular formula is C26H22N6O3. The Morgan fingerprint density at radius 1 is 1.17 bits per heavy atom. The summed E-state index contributed by atoms with van der Waals surface area (Å²) in [5.74, 6) is 0.169.